The molecular weight excluding hydrogens is 313 g/mol. The third-order valence-electron chi connectivity index (χ3n) is 2.19. The van der Waals surface area contributed by atoms with E-state index < -0.39 is 24.8 Å². The van der Waals surface area contributed by atoms with Gasteiger partial charge in [-0.05, 0) is 41.1 Å². The average Bonchev–Trinajstić information content (AvgIpc) is 2.25. The first-order valence-electron chi connectivity index (χ1n) is 5.36. The lowest BCUT2D eigenvalue weighted by molar-refractivity contribution is -0.133. The van der Waals surface area contributed by atoms with Gasteiger partial charge in [0, 0.05) is 16.5 Å². The molecule has 0 bridgehead atoms. The molecule has 1 aromatic rings. The molecule has 18 heavy (non-hydrogen) atoms. The SMILES string of the molecule is CCOc1ccc(C(=O)CCC(F)(F)F)c(Br)c1. The van der Waals surface area contributed by atoms with Crippen LogP contribution in [0, 0.1) is 0 Å². The Morgan fingerprint density at radius 2 is 2.06 bits per heavy atom. The van der Waals surface area contributed by atoms with Gasteiger partial charge in [-0.1, -0.05) is 0 Å². The predicted molar refractivity (Wildman–Crippen MR) is 64.9 cm³/mol. The lowest BCUT2D eigenvalue weighted by atomic mass is 10.1. The van der Waals surface area contributed by atoms with Crippen LogP contribution < -0.4 is 4.74 Å². The van der Waals surface area contributed by atoms with Crippen LogP contribution in [0.15, 0.2) is 22.7 Å². The van der Waals surface area contributed by atoms with Crippen molar-refractivity contribution in [3.8, 4) is 5.75 Å². The fourth-order valence-electron chi connectivity index (χ4n) is 1.37. The van der Waals surface area contributed by atoms with Crippen molar-refractivity contribution < 1.29 is 22.7 Å². The van der Waals surface area contributed by atoms with Gasteiger partial charge >= 0.3 is 6.18 Å². The van der Waals surface area contributed by atoms with Crippen molar-refractivity contribution in [1.29, 1.82) is 0 Å². The molecule has 0 aliphatic heterocycles. The maximum Gasteiger partial charge on any atom is 0.389 e. The van der Waals surface area contributed by atoms with Crippen LogP contribution in [0.1, 0.15) is 30.1 Å². The van der Waals surface area contributed by atoms with Crippen molar-refractivity contribution in [3.05, 3.63) is 28.2 Å². The molecular formula is C12H12BrF3O2. The number of rotatable bonds is 5. The van der Waals surface area contributed by atoms with Crippen molar-refractivity contribution in [2.24, 2.45) is 0 Å². The van der Waals surface area contributed by atoms with Crippen LogP contribution in [0.3, 0.4) is 0 Å². The van der Waals surface area contributed by atoms with Gasteiger partial charge in [-0.2, -0.15) is 13.2 Å². The van der Waals surface area contributed by atoms with Crippen LogP contribution in [-0.2, 0) is 0 Å². The molecule has 1 rings (SSSR count). The molecule has 0 fully saturated rings. The van der Waals surface area contributed by atoms with E-state index in [0.29, 0.717) is 16.8 Å². The summed E-state index contributed by atoms with van der Waals surface area (Å²) in [6, 6.07) is 4.60. The Hall–Kier alpha value is -1.04. The van der Waals surface area contributed by atoms with Crippen LogP contribution >= 0.6 is 15.9 Å². The number of carbonyl (C=O) groups excluding carboxylic acids is 1. The van der Waals surface area contributed by atoms with E-state index >= 15 is 0 Å². The molecule has 0 amide bonds. The van der Waals surface area contributed by atoms with Crippen LogP contribution in [0.4, 0.5) is 13.2 Å². The number of benzene rings is 1. The van der Waals surface area contributed by atoms with E-state index in [2.05, 4.69) is 15.9 Å². The fraction of sp³-hybridized carbons (Fsp3) is 0.417. The molecule has 1 aromatic carbocycles. The molecule has 0 aliphatic carbocycles. The summed E-state index contributed by atoms with van der Waals surface area (Å²) in [7, 11) is 0. The highest BCUT2D eigenvalue weighted by atomic mass is 79.9. The molecule has 0 N–H and O–H groups in total. The Kier molecular flexibility index (Phi) is 5.19. The van der Waals surface area contributed by atoms with E-state index in [1.54, 1.807) is 12.1 Å². The van der Waals surface area contributed by atoms with Crippen LogP contribution in [0.5, 0.6) is 5.75 Å². The zero-order valence-corrected chi connectivity index (χ0v) is 11.3. The predicted octanol–water partition coefficient (Wildman–Crippen LogP) is 4.37. The van der Waals surface area contributed by atoms with Crippen LogP contribution in [-0.4, -0.2) is 18.6 Å². The molecule has 2 nitrogen and oxygen atoms in total. The van der Waals surface area contributed by atoms with Crippen LogP contribution in [0.2, 0.25) is 0 Å². The Labute approximate surface area is 111 Å². The second-order valence-electron chi connectivity index (χ2n) is 3.61. The van der Waals surface area contributed by atoms with Gasteiger partial charge in [0.1, 0.15) is 5.75 Å². The van der Waals surface area contributed by atoms with Gasteiger partial charge in [0.05, 0.1) is 13.0 Å². The Morgan fingerprint density at radius 3 is 2.56 bits per heavy atom. The number of carbonyl (C=O) groups is 1. The number of halogens is 4. The monoisotopic (exact) mass is 324 g/mol. The number of ketones is 1. The summed E-state index contributed by atoms with van der Waals surface area (Å²) in [4.78, 5) is 11.6. The summed E-state index contributed by atoms with van der Waals surface area (Å²) in [5.41, 5.74) is 0.239. The Balaban J connectivity index is 2.74. The highest BCUT2D eigenvalue weighted by Crippen LogP contribution is 2.27. The van der Waals surface area contributed by atoms with Crippen molar-refractivity contribution in [1.82, 2.24) is 0 Å². The first kappa shape index (κ1) is 15.0. The zero-order chi connectivity index (χ0) is 13.8. The number of ether oxygens (including phenoxy) is 1. The van der Waals surface area contributed by atoms with E-state index in [4.69, 9.17) is 4.74 Å². The van der Waals surface area contributed by atoms with E-state index in [1.807, 2.05) is 6.92 Å². The summed E-state index contributed by atoms with van der Waals surface area (Å²) in [6.07, 6.45) is -5.96. The van der Waals surface area contributed by atoms with Gasteiger partial charge in [0.15, 0.2) is 5.78 Å². The van der Waals surface area contributed by atoms with Gasteiger partial charge in [0.2, 0.25) is 0 Å². The largest absolute Gasteiger partial charge is 0.494 e. The standard InChI is InChI=1S/C12H12BrF3O2/c1-2-18-8-3-4-9(10(13)7-8)11(17)5-6-12(14,15)16/h3-4,7H,2,5-6H2,1H3. The number of Topliss-reactive ketones (excluding diaryl/α,β-unsaturated/α-hetero) is 1. The highest BCUT2D eigenvalue weighted by molar-refractivity contribution is 9.10. The minimum Gasteiger partial charge on any atom is -0.494 e. The van der Waals surface area contributed by atoms with Gasteiger partial charge in [-0.3, -0.25) is 4.79 Å². The molecule has 0 radical (unpaired) electrons. The first-order valence-corrected chi connectivity index (χ1v) is 6.15. The third kappa shape index (κ3) is 4.68. The normalized spacial score (nSPS) is 11.4. The minimum atomic E-state index is -4.31. The maximum absolute atomic E-state index is 12.0. The maximum atomic E-state index is 12.0. The smallest absolute Gasteiger partial charge is 0.389 e. The molecule has 0 aliphatic rings. The Morgan fingerprint density at radius 1 is 1.39 bits per heavy atom. The summed E-state index contributed by atoms with van der Waals surface area (Å²) < 4.78 is 41.7. The third-order valence-corrected chi connectivity index (χ3v) is 2.84. The second-order valence-corrected chi connectivity index (χ2v) is 4.47. The topological polar surface area (TPSA) is 26.3 Å². The minimum absolute atomic E-state index is 0.239. The van der Waals surface area contributed by atoms with Crippen molar-refractivity contribution in [2.75, 3.05) is 6.61 Å². The molecule has 0 saturated heterocycles. The summed E-state index contributed by atoms with van der Waals surface area (Å²) in [6.45, 7) is 2.30. The van der Waals surface area contributed by atoms with Crippen LogP contribution in [0.25, 0.3) is 0 Å². The number of hydrogen-bond acceptors (Lipinski definition) is 2. The molecule has 0 spiro atoms. The molecule has 0 aromatic heterocycles. The quantitative estimate of drug-likeness (QED) is 0.751. The zero-order valence-electron chi connectivity index (χ0n) is 9.68. The molecule has 100 valence electrons. The van der Waals surface area contributed by atoms with E-state index in [0.717, 1.165) is 0 Å². The number of alkyl halides is 3. The van der Waals surface area contributed by atoms with E-state index in [9.17, 15) is 18.0 Å². The number of hydrogen-bond donors (Lipinski definition) is 0. The van der Waals surface area contributed by atoms with E-state index in [1.165, 1.54) is 6.07 Å². The lowest BCUT2D eigenvalue weighted by Gasteiger charge is -2.08. The summed E-state index contributed by atoms with van der Waals surface area (Å²) >= 11 is 3.16. The van der Waals surface area contributed by atoms with Crippen molar-refractivity contribution in [3.63, 3.8) is 0 Å². The van der Waals surface area contributed by atoms with Gasteiger partial charge in [-0.25, -0.2) is 0 Å². The highest BCUT2D eigenvalue weighted by Gasteiger charge is 2.28. The van der Waals surface area contributed by atoms with Crippen molar-refractivity contribution >= 4 is 21.7 Å². The second kappa shape index (κ2) is 6.22. The molecule has 0 atom stereocenters. The molecule has 0 saturated carbocycles. The summed E-state index contributed by atoms with van der Waals surface area (Å²) in [5, 5.41) is 0. The fourth-order valence-corrected chi connectivity index (χ4v) is 1.95. The first-order chi connectivity index (χ1) is 8.33. The van der Waals surface area contributed by atoms with Gasteiger partial charge in [-0.15, -0.1) is 0 Å². The molecule has 0 unspecified atom stereocenters. The average molecular weight is 325 g/mol. The van der Waals surface area contributed by atoms with Crippen molar-refractivity contribution in [2.45, 2.75) is 25.9 Å². The van der Waals surface area contributed by atoms with Gasteiger partial charge < -0.3 is 4.74 Å². The Bertz CT molecular complexity index is 430. The van der Waals surface area contributed by atoms with Gasteiger partial charge in [0.25, 0.3) is 0 Å². The van der Waals surface area contributed by atoms with E-state index in [-0.39, 0.29) is 5.56 Å². The lowest BCUT2D eigenvalue weighted by Crippen LogP contribution is -2.11. The molecule has 6 heteroatoms. The summed E-state index contributed by atoms with van der Waals surface area (Å²) in [5.74, 6) is 0.0268. The molecule has 0 heterocycles.